The number of anilines is 2. The fraction of sp³-hybridized carbons (Fsp3) is 0.655. The molecule has 11 heteroatoms. The minimum Gasteiger partial charge on any atom is -0.388 e. The van der Waals surface area contributed by atoms with E-state index in [-0.39, 0.29) is 11.7 Å². The normalized spacial score (nSPS) is 23.5. The van der Waals surface area contributed by atoms with Crippen LogP contribution in [-0.4, -0.2) is 73.0 Å². The summed E-state index contributed by atoms with van der Waals surface area (Å²) < 4.78 is 15.9. The molecule has 40 heavy (non-hydrogen) atoms. The predicted octanol–water partition coefficient (Wildman–Crippen LogP) is 4.58. The van der Waals surface area contributed by atoms with E-state index in [0.717, 1.165) is 36.7 Å². The number of nitrogens with zero attached hydrogens (tertiary/aromatic N) is 3. The molecule has 5 N–H and O–H groups in total. The minimum atomic E-state index is -1.06. The molecule has 3 heterocycles. The molecule has 0 bridgehead atoms. The molecule has 2 saturated heterocycles. The first kappa shape index (κ1) is 30.0. The SMILES string of the molecule is C1=CCCC=C1.CC1CCC(CNc2c(NN3CCOCC3)nc(C(=N)OC(N)=O)nc2C2CCOCC2)CC1. The molecule has 0 aromatic carbocycles. The quantitative estimate of drug-likeness (QED) is 0.280. The molecular formula is C29H45N7O4. The molecule has 0 spiro atoms. The van der Waals surface area contributed by atoms with E-state index in [4.69, 9.17) is 30.3 Å². The molecule has 220 valence electrons. The van der Waals surface area contributed by atoms with E-state index in [9.17, 15) is 4.79 Å². The lowest BCUT2D eigenvalue weighted by Crippen LogP contribution is -2.41. The molecule has 0 unspecified atom stereocenters. The van der Waals surface area contributed by atoms with Crippen molar-refractivity contribution < 1.29 is 19.0 Å². The van der Waals surface area contributed by atoms with Gasteiger partial charge in [0.15, 0.2) is 5.82 Å². The molecule has 5 rings (SSSR count). The minimum absolute atomic E-state index is 0.0353. The highest BCUT2D eigenvalue weighted by Crippen LogP contribution is 2.36. The molecular weight excluding hydrogens is 510 g/mol. The average molecular weight is 556 g/mol. The van der Waals surface area contributed by atoms with Crippen molar-refractivity contribution >= 4 is 23.5 Å². The number of aromatic nitrogens is 2. The van der Waals surface area contributed by atoms with Gasteiger partial charge >= 0.3 is 6.09 Å². The number of carbonyl (C=O) groups is 1. The number of hydrogen-bond donors (Lipinski definition) is 4. The second kappa shape index (κ2) is 15.7. The third kappa shape index (κ3) is 9.28. The van der Waals surface area contributed by atoms with Gasteiger partial charge in [-0.15, -0.1) is 0 Å². The van der Waals surface area contributed by atoms with Gasteiger partial charge < -0.3 is 30.7 Å². The van der Waals surface area contributed by atoms with Crippen LogP contribution in [0.4, 0.5) is 16.3 Å². The zero-order valence-electron chi connectivity index (χ0n) is 23.7. The van der Waals surface area contributed by atoms with Crippen molar-refractivity contribution in [2.45, 2.75) is 64.2 Å². The molecule has 11 nitrogen and oxygen atoms in total. The van der Waals surface area contributed by atoms with Gasteiger partial charge in [0.25, 0.3) is 5.90 Å². The zero-order chi connectivity index (χ0) is 28.2. The van der Waals surface area contributed by atoms with Crippen molar-refractivity contribution in [3.05, 3.63) is 35.8 Å². The number of morpholine rings is 1. The van der Waals surface area contributed by atoms with Crippen LogP contribution in [0.2, 0.25) is 0 Å². The standard InChI is InChI=1S/C23H37N7O4.C6H8/c1-15-2-4-16(5-3-15)14-26-19-18(17-6-10-32-11-7-17)27-22(20(24)34-23(25)31)28-21(19)29-30-8-12-33-13-9-30;1-2-4-6-5-3-1/h15-17,24,26H,2-14H2,1H3,(H2,25,31)(H,27,28,29);1-4H,5-6H2. The third-order valence-electron chi connectivity index (χ3n) is 7.81. The first-order valence-corrected chi connectivity index (χ1v) is 14.7. The monoisotopic (exact) mass is 555 g/mol. The summed E-state index contributed by atoms with van der Waals surface area (Å²) in [6, 6.07) is 0. The van der Waals surface area contributed by atoms with Gasteiger partial charge in [0.2, 0.25) is 5.82 Å². The van der Waals surface area contributed by atoms with Crippen LogP contribution in [0.15, 0.2) is 24.3 Å². The smallest absolute Gasteiger partial charge is 0.388 e. The second-order valence-electron chi connectivity index (χ2n) is 10.9. The Kier molecular flexibility index (Phi) is 11.7. The summed E-state index contributed by atoms with van der Waals surface area (Å²) in [5.74, 6) is 1.70. The van der Waals surface area contributed by atoms with Crippen molar-refractivity contribution in [2.24, 2.45) is 17.6 Å². The van der Waals surface area contributed by atoms with Crippen molar-refractivity contribution in [1.82, 2.24) is 15.0 Å². The van der Waals surface area contributed by atoms with Crippen molar-refractivity contribution in [2.75, 3.05) is 56.8 Å². The first-order chi connectivity index (χ1) is 19.5. The molecule has 1 aromatic heterocycles. The van der Waals surface area contributed by atoms with Crippen LogP contribution in [-0.2, 0) is 14.2 Å². The maximum atomic E-state index is 11.3. The van der Waals surface area contributed by atoms with Crippen LogP contribution in [0.25, 0.3) is 0 Å². The second-order valence-corrected chi connectivity index (χ2v) is 10.9. The predicted molar refractivity (Wildman–Crippen MR) is 155 cm³/mol. The van der Waals surface area contributed by atoms with Gasteiger partial charge in [-0.2, -0.15) is 0 Å². The molecule has 4 aliphatic rings. The number of primary amides is 1. The fourth-order valence-corrected chi connectivity index (χ4v) is 5.39. The Bertz CT molecular complexity index is 1020. The summed E-state index contributed by atoms with van der Waals surface area (Å²) >= 11 is 0. The molecule has 1 amide bonds. The first-order valence-electron chi connectivity index (χ1n) is 14.7. The Balaban J connectivity index is 0.000000546. The number of nitrogens with two attached hydrogens (primary N) is 1. The molecule has 2 aliphatic carbocycles. The lowest BCUT2D eigenvalue weighted by atomic mass is 9.83. The third-order valence-corrected chi connectivity index (χ3v) is 7.81. The summed E-state index contributed by atoms with van der Waals surface area (Å²) in [5, 5.41) is 13.9. The van der Waals surface area contributed by atoms with E-state index in [2.05, 4.69) is 52.0 Å². The van der Waals surface area contributed by atoms with E-state index in [1.54, 1.807) is 0 Å². The summed E-state index contributed by atoms with van der Waals surface area (Å²) in [5.41, 5.74) is 10.2. The average Bonchev–Trinajstić information content (AvgIpc) is 2.99. The van der Waals surface area contributed by atoms with Gasteiger partial charge in [-0.25, -0.2) is 19.8 Å². The maximum absolute atomic E-state index is 11.3. The van der Waals surface area contributed by atoms with Crippen LogP contribution >= 0.6 is 0 Å². The van der Waals surface area contributed by atoms with E-state index in [1.807, 2.05) is 0 Å². The van der Waals surface area contributed by atoms with Crippen LogP contribution in [0.1, 0.15) is 75.7 Å². The number of hydrogen-bond acceptors (Lipinski definition) is 10. The maximum Gasteiger partial charge on any atom is 0.411 e. The fourth-order valence-electron chi connectivity index (χ4n) is 5.39. The van der Waals surface area contributed by atoms with Crippen LogP contribution in [0, 0.1) is 17.2 Å². The lowest BCUT2D eigenvalue weighted by Gasteiger charge is -2.31. The van der Waals surface area contributed by atoms with E-state index < -0.39 is 12.0 Å². The van der Waals surface area contributed by atoms with Crippen LogP contribution < -0.4 is 16.5 Å². The summed E-state index contributed by atoms with van der Waals surface area (Å²) in [4.78, 5) is 20.6. The van der Waals surface area contributed by atoms with Gasteiger partial charge in [0.05, 0.1) is 18.9 Å². The van der Waals surface area contributed by atoms with Crippen molar-refractivity contribution in [1.29, 1.82) is 5.41 Å². The zero-order valence-corrected chi connectivity index (χ0v) is 23.7. The Morgan fingerprint density at radius 1 is 1.02 bits per heavy atom. The van der Waals surface area contributed by atoms with Crippen molar-refractivity contribution in [3.8, 4) is 0 Å². The number of nitrogens with one attached hydrogen (secondary N) is 3. The van der Waals surface area contributed by atoms with Gasteiger partial charge in [-0.3, -0.25) is 5.41 Å². The number of hydrazine groups is 1. The highest BCUT2D eigenvalue weighted by molar-refractivity contribution is 5.95. The molecule has 0 radical (unpaired) electrons. The number of rotatable bonds is 7. The molecule has 3 fully saturated rings. The Labute approximate surface area is 237 Å². The molecule has 1 saturated carbocycles. The number of amides is 1. The summed E-state index contributed by atoms with van der Waals surface area (Å²) in [6.07, 6.45) is 16.5. The Hall–Kier alpha value is -3.02. The molecule has 1 aromatic rings. The molecule has 0 atom stereocenters. The topological polar surface area (TPSA) is 148 Å². The van der Waals surface area contributed by atoms with Gasteiger partial charge in [0, 0.05) is 38.8 Å². The van der Waals surface area contributed by atoms with Crippen LogP contribution in [0.5, 0.6) is 0 Å². The summed E-state index contributed by atoms with van der Waals surface area (Å²) in [7, 11) is 0. The highest BCUT2D eigenvalue weighted by atomic mass is 16.6. The molecule has 2 aliphatic heterocycles. The van der Waals surface area contributed by atoms with E-state index in [0.29, 0.717) is 51.3 Å². The van der Waals surface area contributed by atoms with Gasteiger partial charge in [0.1, 0.15) is 5.69 Å². The lowest BCUT2D eigenvalue weighted by molar-refractivity contribution is 0.0495. The summed E-state index contributed by atoms with van der Waals surface area (Å²) in [6.45, 7) is 7.16. The number of ether oxygens (including phenoxy) is 3. The Morgan fingerprint density at radius 2 is 1.68 bits per heavy atom. The number of carbonyl (C=O) groups excluding carboxylic acids is 1. The Morgan fingerprint density at radius 3 is 2.27 bits per heavy atom. The van der Waals surface area contributed by atoms with Crippen LogP contribution in [0.3, 0.4) is 0 Å². The van der Waals surface area contributed by atoms with Crippen molar-refractivity contribution in [3.63, 3.8) is 0 Å². The van der Waals surface area contributed by atoms with Gasteiger partial charge in [-0.1, -0.05) is 44.1 Å². The van der Waals surface area contributed by atoms with E-state index in [1.165, 1.54) is 38.5 Å². The number of allylic oxidation sites excluding steroid dienone is 4. The highest BCUT2D eigenvalue weighted by Gasteiger charge is 2.28. The van der Waals surface area contributed by atoms with E-state index >= 15 is 0 Å². The largest absolute Gasteiger partial charge is 0.411 e. The van der Waals surface area contributed by atoms with Gasteiger partial charge in [-0.05, 0) is 50.4 Å².